The Balaban J connectivity index is 1.65. The van der Waals surface area contributed by atoms with Gasteiger partial charge in [-0.3, -0.25) is 0 Å². The van der Waals surface area contributed by atoms with Gasteiger partial charge in [-0.2, -0.15) is 0 Å². The van der Waals surface area contributed by atoms with Gasteiger partial charge < -0.3 is 4.90 Å². The zero-order chi connectivity index (χ0) is 13.8. The fourth-order valence-corrected chi connectivity index (χ4v) is 2.47. The molecule has 20 heavy (non-hydrogen) atoms. The molecule has 1 saturated heterocycles. The van der Waals surface area contributed by atoms with Crippen LogP contribution < -0.4 is 4.90 Å². The van der Waals surface area contributed by atoms with Crippen LogP contribution >= 0.6 is 0 Å². The first-order chi connectivity index (χ1) is 9.81. The highest BCUT2D eigenvalue weighted by molar-refractivity contribution is 5.53. The van der Waals surface area contributed by atoms with E-state index < -0.39 is 0 Å². The zero-order valence-corrected chi connectivity index (χ0v) is 11.8. The van der Waals surface area contributed by atoms with Crippen LogP contribution in [0.3, 0.4) is 0 Å². The van der Waals surface area contributed by atoms with E-state index >= 15 is 0 Å². The number of nitrogens with zero attached hydrogens (tertiary/aromatic N) is 3. The first-order valence-electron chi connectivity index (χ1n) is 7.09. The second-order valence-corrected chi connectivity index (χ2v) is 5.26. The summed E-state index contributed by atoms with van der Waals surface area (Å²) in [5.74, 6) is 0.856. The van der Waals surface area contributed by atoms with Gasteiger partial charge in [0.2, 0.25) is 5.95 Å². The van der Waals surface area contributed by atoms with Crippen LogP contribution in [0.25, 0.3) is 6.08 Å². The van der Waals surface area contributed by atoms with Crippen molar-refractivity contribution in [2.24, 2.45) is 0 Å². The van der Waals surface area contributed by atoms with Gasteiger partial charge in [-0.15, -0.1) is 0 Å². The topological polar surface area (TPSA) is 29.0 Å². The highest BCUT2D eigenvalue weighted by atomic mass is 15.2. The number of benzene rings is 1. The van der Waals surface area contributed by atoms with E-state index in [1.807, 2.05) is 19.3 Å². The van der Waals surface area contributed by atoms with Crippen molar-refractivity contribution in [3.63, 3.8) is 0 Å². The van der Waals surface area contributed by atoms with Crippen LogP contribution in [-0.2, 0) is 0 Å². The van der Waals surface area contributed by atoms with Gasteiger partial charge in [0.05, 0.1) is 0 Å². The fourth-order valence-electron chi connectivity index (χ4n) is 2.47. The van der Waals surface area contributed by atoms with Crippen molar-refractivity contribution in [1.82, 2.24) is 9.97 Å². The molecule has 0 bridgehead atoms. The third-order valence-corrected chi connectivity index (χ3v) is 3.63. The molecule has 2 heterocycles. The van der Waals surface area contributed by atoms with Gasteiger partial charge in [-0.1, -0.05) is 42.0 Å². The molecule has 0 amide bonds. The van der Waals surface area contributed by atoms with E-state index in [4.69, 9.17) is 0 Å². The van der Waals surface area contributed by atoms with E-state index in [0.29, 0.717) is 0 Å². The summed E-state index contributed by atoms with van der Waals surface area (Å²) in [6, 6.07) is 10.5. The number of rotatable bonds is 2. The number of hydrogen-bond acceptors (Lipinski definition) is 3. The van der Waals surface area contributed by atoms with Gasteiger partial charge >= 0.3 is 0 Å². The maximum atomic E-state index is 4.41. The molecule has 0 unspecified atom stereocenters. The average molecular weight is 265 g/mol. The molecule has 0 spiro atoms. The first kappa shape index (κ1) is 12.9. The summed E-state index contributed by atoms with van der Waals surface area (Å²) in [5, 5.41) is 0. The lowest BCUT2D eigenvalue weighted by Crippen LogP contribution is -2.31. The maximum absolute atomic E-state index is 4.41. The predicted molar refractivity (Wildman–Crippen MR) is 82.6 cm³/mol. The molecule has 1 aliphatic heterocycles. The Labute approximate surface area is 120 Å². The third-order valence-electron chi connectivity index (χ3n) is 3.63. The van der Waals surface area contributed by atoms with Crippen molar-refractivity contribution in [3.8, 4) is 0 Å². The molecule has 1 aliphatic rings. The zero-order valence-electron chi connectivity index (χ0n) is 11.8. The second-order valence-electron chi connectivity index (χ2n) is 5.26. The molecule has 1 aromatic carbocycles. The van der Waals surface area contributed by atoms with Crippen LogP contribution in [0.2, 0.25) is 0 Å². The monoisotopic (exact) mass is 265 g/mol. The lowest BCUT2D eigenvalue weighted by atomic mass is 10.0. The van der Waals surface area contributed by atoms with Crippen LogP contribution in [0.1, 0.15) is 24.0 Å². The minimum Gasteiger partial charge on any atom is -0.340 e. The van der Waals surface area contributed by atoms with E-state index in [9.17, 15) is 0 Å². The van der Waals surface area contributed by atoms with E-state index in [-0.39, 0.29) is 0 Å². The van der Waals surface area contributed by atoms with Crippen molar-refractivity contribution in [1.29, 1.82) is 0 Å². The molecule has 0 atom stereocenters. The van der Waals surface area contributed by atoms with Crippen LogP contribution in [0.5, 0.6) is 0 Å². The summed E-state index contributed by atoms with van der Waals surface area (Å²) in [6.07, 6.45) is 8.26. The third kappa shape index (κ3) is 3.05. The average Bonchev–Trinajstić information content (AvgIpc) is 2.50. The van der Waals surface area contributed by atoms with Crippen LogP contribution in [0, 0.1) is 6.92 Å². The molecular weight excluding hydrogens is 246 g/mol. The van der Waals surface area contributed by atoms with Crippen molar-refractivity contribution in [2.75, 3.05) is 18.0 Å². The van der Waals surface area contributed by atoms with Gasteiger partial charge in [0.15, 0.2) is 0 Å². The lowest BCUT2D eigenvalue weighted by molar-refractivity contribution is 0.670. The maximum Gasteiger partial charge on any atom is 0.225 e. The van der Waals surface area contributed by atoms with Gasteiger partial charge in [-0.25, -0.2) is 9.97 Å². The standard InChI is InChI=1S/C17H19N3/c1-14-12-18-17(19-13-14)20-9-7-16(8-10-20)11-15-5-3-2-4-6-15/h2-6,11-13H,7-10H2,1H3. The molecule has 1 aromatic heterocycles. The normalized spacial score (nSPS) is 15.2. The SMILES string of the molecule is Cc1cnc(N2CCC(=Cc3ccccc3)CC2)nc1. The molecule has 0 saturated carbocycles. The summed E-state index contributed by atoms with van der Waals surface area (Å²) in [5.41, 5.74) is 3.91. The number of aryl methyl sites for hydroxylation is 1. The Hall–Kier alpha value is -2.16. The van der Waals surface area contributed by atoms with Gasteiger partial charge in [0.25, 0.3) is 0 Å². The molecule has 102 valence electrons. The van der Waals surface area contributed by atoms with Crippen molar-refractivity contribution in [3.05, 3.63) is 59.4 Å². The lowest BCUT2D eigenvalue weighted by Gasteiger charge is -2.28. The molecule has 0 radical (unpaired) electrons. The summed E-state index contributed by atoms with van der Waals surface area (Å²) >= 11 is 0. The smallest absolute Gasteiger partial charge is 0.225 e. The van der Waals surface area contributed by atoms with E-state index in [1.54, 1.807) is 0 Å². The fraction of sp³-hybridized carbons (Fsp3) is 0.294. The van der Waals surface area contributed by atoms with Gasteiger partial charge in [0, 0.05) is 25.5 Å². The Morgan fingerprint density at radius 2 is 1.65 bits per heavy atom. The minimum atomic E-state index is 0.856. The predicted octanol–water partition coefficient (Wildman–Crippen LogP) is 3.47. The Morgan fingerprint density at radius 1 is 1.00 bits per heavy atom. The van der Waals surface area contributed by atoms with Crippen LogP contribution in [-0.4, -0.2) is 23.1 Å². The second kappa shape index (κ2) is 5.87. The highest BCUT2D eigenvalue weighted by Gasteiger charge is 2.16. The van der Waals surface area contributed by atoms with Gasteiger partial charge in [-0.05, 0) is 30.9 Å². The largest absolute Gasteiger partial charge is 0.340 e. The quantitative estimate of drug-likeness (QED) is 0.832. The summed E-state index contributed by atoms with van der Waals surface area (Å²) in [7, 11) is 0. The Morgan fingerprint density at radius 3 is 2.30 bits per heavy atom. The number of piperidine rings is 1. The van der Waals surface area contributed by atoms with E-state index in [1.165, 1.54) is 11.1 Å². The molecule has 3 heteroatoms. The van der Waals surface area contributed by atoms with Crippen LogP contribution in [0.15, 0.2) is 48.3 Å². The number of aromatic nitrogens is 2. The Bertz CT molecular complexity index is 577. The first-order valence-corrected chi connectivity index (χ1v) is 7.09. The summed E-state index contributed by atoms with van der Waals surface area (Å²) in [4.78, 5) is 11.1. The van der Waals surface area contributed by atoms with Crippen molar-refractivity contribution in [2.45, 2.75) is 19.8 Å². The molecule has 2 aromatic rings. The molecule has 3 rings (SSSR count). The summed E-state index contributed by atoms with van der Waals surface area (Å²) < 4.78 is 0. The molecule has 0 aliphatic carbocycles. The van der Waals surface area contributed by atoms with E-state index in [0.717, 1.165) is 37.4 Å². The number of anilines is 1. The number of hydrogen-bond donors (Lipinski definition) is 0. The summed E-state index contributed by atoms with van der Waals surface area (Å²) in [6.45, 7) is 4.02. The van der Waals surface area contributed by atoms with Crippen molar-refractivity contribution < 1.29 is 0 Å². The van der Waals surface area contributed by atoms with Crippen LogP contribution in [0.4, 0.5) is 5.95 Å². The molecular formula is C17H19N3. The Kier molecular flexibility index (Phi) is 3.77. The van der Waals surface area contributed by atoms with Crippen molar-refractivity contribution >= 4 is 12.0 Å². The molecule has 3 nitrogen and oxygen atoms in total. The highest BCUT2D eigenvalue weighted by Crippen LogP contribution is 2.21. The molecule has 1 fully saturated rings. The van der Waals surface area contributed by atoms with Gasteiger partial charge in [0.1, 0.15) is 0 Å². The minimum absolute atomic E-state index is 0.856. The van der Waals surface area contributed by atoms with E-state index in [2.05, 4.69) is 51.3 Å². The molecule has 0 N–H and O–H groups in total.